The van der Waals surface area contributed by atoms with Crippen LogP contribution in [0.4, 0.5) is 5.95 Å². The summed E-state index contributed by atoms with van der Waals surface area (Å²) >= 11 is 0. The van der Waals surface area contributed by atoms with E-state index in [1.807, 2.05) is 12.1 Å². The zero-order chi connectivity index (χ0) is 14.9. The molecular weight excluding hydrogens is 268 g/mol. The monoisotopic (exact) mass is 284 g/mol. The van der Waals surface area contributed by atoms with Gasteiger partial charge in [0.1, 0.15) is 0 Å². The Balaban J connectivity index is 1.92. The predicted octanol–water partition coefficient (Wildman–Crippen LogP) is 1.29. The van der Waals surface area contributed by atoms with E-state index >= 15 is 0 Å². The molecule has 5 N–H and O–H groups in total. The minimum Gasteiger partial charge on any atom is -0.409 e. The Morgan fingerprint density at radius 3 is 2.24 bits per heavy atom. The van der Waals surface area contributed by atoms with Crippen LogP contribution in [0.15, 0.2) is 35.9 Å². The van der Waals surface area contributed by atoms with Crippen molar-refractivity contribution in [2.24, 2.45) is 10.9 Å². The van der Waals surface area contributed by atoms with Crippen LogP contribution in [0.5, 0.6) is 0 Å². The Labute approximate surface area is 121 Å². The van der Waals surface area contributed by atoms with Crippen molar-refractivity contribution < 1.29 is 5.21 Å². The van der Waals surface area contributed by atoms with E-state index in [-0.39, 0.29) is 11.8 Å². The van der Waals surface area contributed by atoms with E-state index in [1.165, 1.54) is 0 Å². The summed E-state index contributed by atoms with van der Waals surface area (Å²) in [5.41, 5.74) is 13.4. The van der Waals surface area contributed by atoms with Crippen LogP contribution in [0.1, 0.15) is 25.0 Å². The molecule has 1 saturated carbocycles. The van der Waals surface area contributed by atoms with Crippen LogP contribution in [0.2, 0.25) is 0 Å². The third kappa shape index (κ3) is 2.16. The lowest BCUT2D eigenvalue weighted by Gasteiger charge is -2.39. The van der Waals surface area contributed by atoms with E-state index in [0.29, 0.717) is 0 Å². The first kappa shape index (κ1) is 13.3. The molecule has 0 aromatic carbocycles. The van der Waals surface area contributed by atoms with Crippen molar-refractivity contribution in [1.82, 2.24) is 15.0 Å². The number of anilines is 1. The molecule has 7 heteroatoms. The number of rotatable bonds is 3. The lowest BCUT2D eigenvalue weighted by molar-refractivity contribution is 0.283. The maximum atomic E-state index is 8.96. The number of hydrogen-bond donors (Lipinski definition) is 3. The molecule has 0 aliphatic heterocycles. The summed E-state index contributed by atoms with van der Waals surface area (Å²) in [6.45, 7) is 0. The number of oxime groups is 1. The second kappa shape index (κ2) is 5.01. The van der Waals surface area contributed by atoms with Crippen molar-refractivity contribution in [3.63, 3.8) is 0 Å². The van der Waals surface area contributed by atoms with Crippen LogP contribution in [-0.2, 0) is 5.41 Å². The first-order valence-corrected chi connectivity index (χ1v) is 6.68. The number of nitrogen functional groups attached to an aromatic ring is 1. The van der Waals surface area contributed by atoms with Gasteiger partial charge in [0.15, 0.2) is 5.84 Å². The fourth-order valence-corrected chi connectivity index (χ4v) is 2.60. The highest BCUT2D eigenvalue weighted by Gasteiger charge is 2.44. The van der Waals surface area contributed by atoms with Crippen LogP contribution in [-0.4, -0.2) is 26.0 Å². The van der Waals surface area contributed by atoms with Gasteiger partial charge in [0.25, 0.3) is 0 Å². The maximum Gasteiger partial charge on any atom is 0.219 e. The van der Waals surface area contributed by atoms with Crippen LogP contribution in [0, 0.1) is 0 Å². The average Bonchev–Trinajstić information content (AvgIpc) is 2.47. The second-order valence-corrected chi connectivity index (χ2v) is 5.18. The van der Waals surface area contributed by atoms with Gasteiger partial charge in [-0.25, -0.2) is 9.97 Å². The number of nitrogens with two attached hydrogens (primary N) is 2. The minimum atomic E-state index is -0.426. The fourth-order valence-electron chi connectivity index (χ4n) is 2.60. The molecule has 0 bridgehead atoms. The van der Waals surface area contributed by atoms with Gasteiger partial charge in [-0.3, -0.25) is 4.98 Å². The highest BCUT2D eigenvalue weighted by Crippen LogP contribution is 2.43. The Bertz CT molecular complexity index is 661. The van der Waals surface area contributed by atoms with E-state index in [9.17, 15) is 0 Å². The van der Waals surface area contributed by atoms with Crippen molar-refractivity contribution in [1.29, 1.82) is 0 Å². The van der Waals surface area contributed by atoms with E-state index < -0.39 is 5.41 Å². The molecule has 1 fully saturated rings. The van der Waals surface area contributed by atoms with E-state index in [1.54, 1.807) is 18.6 Å². The molecular formula is C14H16N6O. The van der Waals surface area contributed by atoms with Crippen molar-refractivity contribution in [3.8, 4) is 11.1 Å². The fraction of sp³-hybridized carbons (Fsp3) is 0.286. The molecule has 7 nitrogen and oxygen atoms in total. The molecule has 2 aromatic heterocycles. The first-order valence-electron chi connectivity index (χ1n) is 6.68. The third-order valence-electron chi connectivity index (χ3n) is 4.06. The Kier molecular flexibility index (Phi) is 3.17. The van der Waals surface area contributed by atoms with Crippen molar-refractivity contribution in [3.05, 3.63) is 36.4 Å². The van der Waals surface area contributed by atoms with E-state index in [4.69, 9.17) is 16.7 Å². The van der Waals surface area contributed by atoms with Crippen molar-refractivity contribution in [2.45, 2.75) is 24.7 Å². The molecule has 2 aromatic rings. The van der Waals surface area contributed by atoms with Crippen LogP contribution in [0.25, 0.3) is 11.1 Å². The third-order valence-corrected chi connectivity index (χ3v) is 4.06. The molecule has 0 unspecified atom stereocenters. The van der Waals surface area contributed by atoms with Gasteiger partial charge < -0.3 is 16.7 Å². The van der Waals surface area contributed by atoms with Crippen molar-refractivity contribution >= 4 is 11.8 Å². The van der Waals surface area contributed by atoms with Gasteiger partial charge in [-0.1, -0.05) is 17.6 Å². The van der Waals surface area contributed by atoms with Crippen LogP contribution in [0.3, 0.4) is 0 Å². The number of pyridine rings is 1. The number of nitrogens with zero attached hydrogens (tertiary/aromatic N) is 4. The van der Waals surface area contributed by atoms with Crippen molar-refractivity contribution in [2.75, 3.05) is 5.73 Å². The van der Waals surface area contributed by atoms with Gasteiger partial charge in [-0.05, 0) is 18.9 Å². The molecule has 2 heterocycles. The van der Waals surface area contributed by atoms with Gasteiger partial charge in [0, 0.05) is 29.7 Å². The van der Waals surface area contributed by atoms with E-state index in [0.717, 1.165) is 36.1 Å². The SMILES string of the molecule is N/C(=N\O)C1(c2ccc(-c3cnc(N)nc3)cn2)CCC1. The number of hydrogen-bond acceptors (Lipinski definition) is 6. The van der Waals surface area contributed by atoms with Gasteiger partial charge in [-0.2, -0.15) is 0 Å². The van der Waals surface area contributed by atoms with E-state index in [2.05, 4.69) is 20.1 Å². The van der Waals surface area contributed by atoms with Gasteiger partial charge in [0.05, 0.1) is 11.1 Å². The maximum absolute atomic E-state index is 8.96. The largest absolute Gasteiger partial charge is 0.409 e. The van der Waals surface area contributed by atoms with Gasteiger partial charge >= 0.3 is 0 Å². The summed E-state index contributed by atoms with van der Waals surface area (Å²) in [5, 5.41) is 12.1. The molecule has 1 aliphatic rings. The summed E-state index contributed by atoms with van der Waals surface area (Å²) < 4.78 is 0. The summed E-state index contributed by atoms with van der Waals surface area (Å²) in [6.07, 6.45) is 7.80. The average molecular weight is 284 g/mol. The zero-order valence-electron chi connectivity index (χ0n) is 11.4. The topological polar surface area (TPSA) is 123 Å². The summed E-state index contributed by atoms with van der Waals surface area (Å²) in [6, 6.07) is 3.84. The summed E-state index contributed by atoms with van der Waals surface area (Å²) in [4.78, 5) is 12.4. The number of aromatic nitrogens is 3. The smallest absolute Gasteiger partial charge is 0.219 e. The lowest BCUT2D eigenvalue weighted by Crippen LogP contribution is -2.47. The number of amidine groups is 1. The Hall–Kier alpha value is -2.70. The zero-order valence-corrected chi connectivity index (χ0v) is 11.4. The Morgan fingerprint density at radius 1 is 1.10 bits per heavy atom. The standard InChI is InChI=1S/C14H16N6O/c15-12(20-21)14(4-1-5-14)11-3-2-9(6-17-11)10-7-18-13(16)19-8-10/h2-3,6-8,21H,1,4-5H2,(H2,15,20)(H2,16,18,19). The summed E-state index contributed by atoms with van der Waals surface area (Å²) in [7, 11) is 0. The molecule has 0 amide bonds. The molecule has 0 spiro atoms. The molecule has 0 radical (unpaired) electrons. The molecule has 3 rings (SSSR count). The molecule has 0 atom stereocenters. The van der Waals surface area contributed by atoms with Gasteiger partial charge in [-0.15, -0.1) is 0 Å². The lowest BCUT2D eigenvalue weighted by atomic mass is 9.65. The van der Waals surface area contributed by atoms with Gasteiger partial charge in [0.2, 0.25) is 5.95 Å². The van der Waals surface area contributed by atoms with Crippen LogP contribution >= 0.6 is 0 Å². The quantitative estimate of drug-likeness (QED) is 0.338. The molecule has 21 heavy (non-hydrogen) atoms. The Morgan fingerprint density at radius 2 is 1.76 bits per heavy atom. The molecule has 1 aliphatic carbocycles. The molecule has 0 saturated heterocycles. The van der Waals surface area contributed by atoms with Crippen LogP contribution < -0.4 is 11.5 Å². The normalized spacial score (nSPS) is 17.2. The first-order chi connectivity index (χ1) is 10.2. The highest BCUT2D eigenvalue weighted by molar-refractivity contribution is 5.91. The second-order valence-electron chi connectivity index (χ2n) is 5.18. The molecule has 108 valence electrons. The minimum absolute atomic E-state index is 0.227. The summed E-state index contributed by atoms with van der Waals surface area (Å²) in [5.74, 6) is 0.466. The highest BCUT2D eigenvalue weighted by atomic mass is 16.4. The predicted molar refractivity (Wildman–Crippen MR) is 78.6 cm³/mol.